The molecule has 1 aliphatic rings. The minimum absolute atomic E-state index is 0.0428. The van der Waals surface area contributed by atoms with Gasteiger partial charge >= 0.3 is 0 Å². The molecule has 0 saturated carbocycles. The molecule has 0 aromatic carbocycles. The van der Waals surface area contributed by atoms with Crippen LogP contribution in [0, 0.1) is 13.8 Å². The predicted molar refractivity (Wildman–Crippen MR) is 63.3 cm³/mol. The maximum Gasteiger partial charge on any atom is 0.242 e. The molecular weight excluding hydrogens is 218 g/mol. The van der Waals surface area contributed by atoms with Crippen LogP contribution in [0.25, 0.3) is 0 Å². The van der Waals surface area contributed by atoms with E-state index < -0.39 is 0 Å². The average Bonchev–Trinajstić information content (AvgIpc) is 2.82. The van der Waals surface area contributed by atoms with E-state index in [0.717, 1.165) is 17.0 Å². The van der Waals surface area contributed by atoms with Crippen LogP contribution in [-0.4, -0.2) is 22.8 Å². The standard InChI is InChI=1S/C12H17N3O2/c1-7-5-9(8(2)14-7)6-13-12(17)10-3-4-11(16)15-10/h5,10,14H,3-4,6H2,1-2H3,(H,13,17)(H,15,16). The maximum absolute atomic E-state index is 11.7. The van der Waals surface area contributed by atoms with Crippen LogP contribution in [-0.2, 0) is 16.1 Å². The minimum Gasteiger partial charge on any atom is -0.362 e. The van der Waals surface area contributed by atoms with E-state index in [0.29, 0.717) is 19.4 Å². The van der Waals surface area contributed by atoms with Gasteiger partial charge in [-0.15, -0.1) is 0 Å². The van der Waals surface area contributed by atoms with Crippen molar-refractivity contribution in [3.05, 3.63) is 23.0 Å². The van der Waals surface area contributed by atoms with Gasteiger partial charge in [0.1, 0.15) is 6.04 Å². The first kappa shape index (κ1) is 11.7. The quantitative estimate of drug-likeness (QED) is 0.714. The molecule has 1 aliphatic heterocycles. The number of carbonyl (C=O) groups excluding carboxylic acids is 2. The Kier molecular flexibility index (Phi) is 3.17. The van der Waals surface area contributed by atoms with Crippen molar-refractivity contribution in [2.24, 2.45) is 0 Å². The van der Waals surface area contributed by atoms with Crippen LogP contribution < -0.4 is 10.6 Å². The number of carbonyl (C=O) groups is 2. The molecule has 1 saturated heterocycles. The van der Waals surface area contributed by atoms with Gasteiger partial charge in [0.25, 0.3) is 0 Å². The van der Waals surface area contributed by atoms with E-state index in [-0.39, 0.29) is 17.9 Å². The van der Waals surface area contributed by atoms with E-state index in [9.17, 15) is 9.59 Å². The zero-order chi connectivity index (χ0) is 12.4. The highest BCUT2D eigenvalue weighted by molar-refractivity contribution is 5.90. The van der Waals surface area contributed by atoms with Gasteiger partial charge in [0.2, 0.25) is 11.8 Å². The Balaban J connectivity index is 1.88. The van der Waals surface area contributed by atoms with Gasteiger partial charge in [0.15, 0.2) is 0 Å². The Morgan fingerprint density at radius 3 is 2.82 bits per heavy atom. The summed E-state index contributed by atoms with van der Waals surface area (Å²) in [6, 6.07) is 1.66. The van der Waals surface area contributed by atoms with E-state index in [1.54, 1.807) is 0 Å². The number of amides is 2. The second kappa shape index (κ2) is 4.61. The highest BCUT2D eigenvalue weighted by Crippen LogP contribution is 2.10. The highest BCUT2D eigenvalue weighted by Gasteiger charge is 2.26. The number of aromatic amines is 1. The molecule has 1 aromatic rings. The summed E-state index contributed by atoms with van der Waals surface area (Å²) >= 11 is 0. The molecule has 1 atom stereocenters. The first-order valence-corrected chi connectivity index (χ1v) is 5.78. The number of hydrogen-bond acceptors (Lipinski definition) is 2. The summed E-state index contributed by atoms with van der Waals surface area (Å²) in [5, 5.41) is 5.49. The van der Waals surface area contributed by atoms with Crippen molar-refractivity contribution < 1.29 is 9.59 Å². The topological polar surface area (TPSA) is 74.0 Å². The number of aryl methyl sites for hydroxylation is 2. The molecule has 3 N–H and O–H groups in total. The first-order chi connectivity index (χ1) is 8.06. The molecule has 5 heteroatoms. The molecule has 92 valence electrons. The summed E-state index contributed by atoms with van der Waals surface area (Å²) in [6.45, 7) is 4.46. The van der Waals surface area contributed by atoms with E-state index >= 15 is 0 Å². The third-order valence-corrected chi connectivity index (χ3v) is 3.02. The highest BCUT2D eigenvalue weighted by atomic mass is 16.2. The Morgan fingerprint density at radius 2 is 2.29 bits per heavy atom. The van der Waals surface area contributed by atoms with Crippen molar-refractivity contribution in [2.75, 3.05) is 0 Å². The van der Waals surface area contributed by atoms with Crippen LogP contribution in [0.15, 0.2) is 6.07 Å². The predicted octanol–water partition coefficient (Wildman–Crippen LogP) is 0.526. The molecular formula is C12H17N3O2. The molecule has 5 nitrogen and oxygen atoms in total. The second-order valence-corrected chi connectivity index (χ2v) is 4.48. The van der Waals surface area contributed by atoms with Gasteiger partial charge in [0, 0.05) is 24.4 Å². The first-order valence-electron chi connectivity index (χ1n) is 5.78. The number of hydrogen-bond donors (Lipinski definition) is 3. The van der Waals surface area contributed by atoms with Crippen molar-refractivity contribution in [2.45, 2.75) is 39.3 Å². The summed E-state index contributed by atoms with van der Waals surface area (Å²) in [7, 11) is 0. The fourth-order valence-electron chi connectivity index (χ4n) is 2.08. The van der Waals surface area contributed by atoms with Gasteiger partial charge in [-0.05, 0) is 31.9 Å². The second-order valence-electron chi connectivity index (χ2n) is 4.48. The number of nitrogens with one attached hydrogen (secondary N) is 3. The van der Waals surface area contributed by atoms with Crippen molar-refractivity contribution in [1.29, 1.82) is 0 Å². The summed E-state index contributed by atoms with van der Waals surface area (Å²) in [6.07, 6.45) is 1.04. The molecule has 2 rings (SSSR count). The van der Waals surface area contributed by atoms with Crippen LogP contribution in [0.2, 0.25) is 0 Å². The fraction of sp³-hybridized carbons (Fsp3) is 0.500. The van der Waals surface area contributed by atoms with Crippen molar-refractivity contribution in [3.63, 3.8) is 0 Å². The molecule has 1 fully saturated rings. The number of rotatable bonds is 3. The molecule has 0 spiro atoms. The van der Waals surface area contributed by atoms with Crippen LogP contribution >= 0.6 is 0 Å². The zero-order valence-corrected chi connectivity index (χ0v) is 10.1. The molecule has 0 radical (unpaired) electrons. The third-order valence-electron chi connectivity index (χ3n) is 3.02. The SMILES string of the molecule is Cc1cc(CNC(=O)C2CCC(=O)N2)c(C)[nH]1. The molecule has 2 heterocycles. The van der Waals surface area contributed by atoms with Crippen LogP contribution in [0.4, 0.5) is 0 Å². The Hall–Kier alpha value is -1.78. The summed E-state index contributed by atoms with van der Waals surface area (Å²) in [5.74, 6) is -0.145. The van der Waals surface area contributed by atoms with Crippen molar-refractivity contribution in [1.82, 2.24) is 15.6 Å². The molecule has 2 amide bonds. The average molecular weight is 235 g/mol. The summed E-state index contributed by atoms with van der Waals surface area (Å²) in [4.78, 5) is 25.9. The molecule has 17 heavy (non-hydrogen) atoms. The monoisotopic (exact) mass is 235 g/mol. The van der Waals surface area contributed by atoms with Crippen LogP contribution in [0.5, 0.6) is 0 Å². The summed E-state index contributed by atoms with van der Waals surface area (Å²) < 4.78 is 0. The van der Waals surface area contributed by atoms with E-state index in [2.05, 4.69) is 15.6 Å². The Labute approximate surface area is 100.0 Å². The zero-order valence-electron chi connectivity index (χ0n) is 10.1. The molecule has 1 unspecified atom stereocenters. The van der Waals surface area contributed by atoms with Gasteiger partial charge in [-0.3, -0.25) is 9.59 Å². The Bertz CT molecular complexity index is 451. The Morgan fingerprint density at radius 1 is 1.53 bits per heavy atom. The molecule has 0 bridgehead atoms. The minimum atomic E-state index is -0.358. The van der Waals surface area contributed by atoms with Crippen molar-refractivity contribution >= 4 is 11.8 Å². The fourth-order valence-corrected chi connectivity index (χ4v) is 2.08. The summed E-state index contributed by atoms with van der Waals surface area (Å²) in [5.41, 5.74) is 3.24. The number of aromatic nitrogens is 1. The molecule has 1 aromatic heterocycles. The molecule has 0 aliphatic carbocycles. The lowest BCUT2D eigenvalue weighted by Gasteiger charge is -2.10. The van der Waals surface area contributed by atoms with Gasteiger partial charge in [-0.1, -0.05) is 0 Å². The van der Waals surface area contributed by atoms with Crippen LogP contribution in [0.3, 0.4) is 0 Å². The van der Waals surface area contributed by atoms with Crippen molar-refractivity contribution in [3.8, 4) is 0 Å². The van der Waals surface area contributed by atoms with Gasteiger partial charge in [0.05, 0.1) is 0 Å². The van der Waals surface area contributed by atoms with Gasteiger partial charge in [-0.25, -0.2) is 0 Å². The lowest BCUT2D eigenvalue weighted by Crippen LogP contribution is -2.41. The van der Waals surface area contributed by atoms with Gasteiger partial charge in [-0.2, -0.15) is 0 Å². The third kappa shape index (κ3) is 2.67. The number of H-pyrrole nitrogens is 1. The lowest BCUT2D eigenvalue weighted by atomic mass is 10.2. The smallest absolute Gasteiger partial charge is 0.242 e. The van der Waals surface area contributed by atoms with E-state index in [4.69, 9.17) is 0 Å². The van der Waals surface area contributed by atoms with E-state index in [1.165, 1.54) is 0 Å². The maximum atomic E-state index is 11.7. The largest absolute Gasteiger partial charge is 0.362 e. The van der Waals surface area contributed by atoms with Gasteiger partial charge < -0.3 is 15.6 Å². The normalized spacial score (nSPS) is 19.2. The van der Waals surface area contributed by atoms with Crippen LogP contribution in [0.1, 0.15) is 29.8 Å². The lowest BCUT2D eigenvalue weighted by molar-refractivity contribution is -0.125. The van der Waals surface area contributed by atoms with E-state index in [1.807, 2.05) is 19.9 Å².